The SMILES string of the molecule is COCCCN(CC(=O)N1CCNCC1)C(=O)c1cccc(F)c1. The minimum atomic E-state index is -0.467. The van der Waals surface area contributed by atoms with Crippen LogP contribution in [0.1, 0.15) is 16.8 Å². The van der Waals surface area contributed by atoms with Gasteiger partial charge in [-0.2, -0.15) is 0 Å². The van der Waals surface area contributed by atoms with Crippen molar-refractivity contribution < 1.29 is 18.7 Å². The van der Waals surface area contributed by atoms with E-state index in [-0.39, 0.29) is 23.9 Å². The van der Waals surface area contributed by atoms with E-state index < -0.39 is 5.82 Å². The number of halogens is 1. The number of rotatable bonds is 7. The van der Waals surface area contributed by atoms with E-state index >= 15 is 0 Å². The predicted octanol–water partition coefficient (Wildman–Crippen LogP) is 0.736. The molecule has 2 rings (SSSR count). The summed E-state index contributed by atoms with van der Waals surface area (Å²) in [6, 6.07) is 5.54. The van der Waals surface area contributed by atoms with Crippen molar-refractivity contribution >= 4 is 11.8 Å². The monoisotopic (exact) mass is 337 g/mol. The Kier molecular flexibility index (Phi) is 7.14. The number of hydrogen-bond acceptors (Lipinski definition) is 4. The second kappa shape index (κ2) is 9.34. The molecule has 0 saturated carbocycles. The molecule has 0 spiro atoms. The first-order chi connectivity index (χ1) is 11.6. The van der Waals surface area contributed by atoms with Crippen LogP contribution in [0.25, 0.3) is 0 Å². The van der Waals surface area contributed by atoms with Gasteiger partial charge in [0.25, 0.3) is 5.91 Å². The quantitative estimate of drug-likeness (QED) is 0.746. The van der Waals surface area contributed by atoms with Gasteiger partial charge < -0.3 is 19.9 Å². The number of carbonyl (C=O) groups is 2. The molecule has 1 aliphatic heterocycles. The molecule has 0 unspecified atom stereocenters. The lowest BCUT2D eigenvalue weighted by molar-refractivity contribution is -0.132. The summed E-state index contributed by atoms with van der Waals surface area (Å²) >= 11 is 0. The third-order valence-electron chi connectivity index (χ3n) is 3.93. The van der Waals surface area contributed by atoms with Gasteiger partial charge in [-0.3, -0.25) is 9.59 Å². The molecule has 7 heteroatoms. The predicted molar refractivity (Wildman–Crippen MR) is 88.2 cm³/mol. The summed E-state index contributed by atoms with van der Waals surface area (Å²) in [5, 5.41) is 3.19. The van der Waals surface area contributed by atoms with Crippen molar-refractivity contribution in [3.63, 3.8) is 0 Å². The Morgan fingerprint density at radius 1 is 1.33 bits per heavy atom. The highest BCUT2D eigenvalue weighted by atomic mass is 19.1. The maximum absolute atomic E-state index is 13.4. The van der Waals surface area contributed by atoms with E-state index in [1.54, 1.807) is 18.1 Å². The van der Waals surface area contributed by atoms with Crippen molar-refractivity contribution in [2.75, 3.05) is 53.0 Å². The lowest BCUT2D eigenvalue weighted by Gasteiger charge is -2.30. The number of piperazine rings is 1. The van der Waals surface area contributed by atoms with Crippen LogP contribution in [-0.2, 0) is 9.53 Å². The molecule has 0 aromatic heterocycles. The van der Waals surface area contributed by atoms with Crippen LogP contribution in [0.3, 0.4) is 0 Å². The fourth-order valence-electron chi connectivity index (χ4n) is 2.63. The number of ether oxygens (including phenoxy) is 1. The summed E-state index contributed by atoms with van der Waals surface area (Å²) in [5.41, 5.74) is 0.250. The van der Waals surface area contributed by atoms with Gasteiger partial charge in [0.05, 0.1) is 0 Å². The van der Waals surface area contributed by atoms with Gasteiger partial charge in [-0.1, -0.05) is 6.07 Å². The standard InChI is InChI=1S/C17H24FN3O3/c1-24-11-3-8-21(13-16(22)20-9-6-19-7-10-20)17(23)14-4-2-5-15(18)12-14/h2,4-5,12,19H,3,6-11,13H2,1H3. The molecule has 0 radical (unpaired) electrons. The molecule has 1 fully saturated rings. The van der Waals surface area contributed by atoms with Crippen LogP contribution in [0.2, 0.25) is 0 Å². The minimum absolute atomic E-state index is 0.000932. The highest BCUT2D eigenvalue weighted by Crippen LogP contribution is 2.09. The number of nitrogens with one attached hydrogen (secondary N) is 1. The van der Waals surface area contributed by atoms with Crippen molar-refractivity contribution in [3.05, 3.63) is 35.6 Å². The number of hydrogen-bond donors (Lipinski definition) is 1. The fraction of sp³-hybridized carbons (Fsp3) is 0.529. The van der Waals surface area contributed by atoms with Crippen LogP contribution in [-0.4, -0.2) is 74.6 Å². The first-order valence-electron chi connectivity index (χ1n) is 8.14. The van der Waals surface area contributed by atoms with Crippen molar-refractivity contribution in [1.82, 2.24) is 15.1 Å². The second-order valence-electron chi connectivity index (χ2n) is 5.71. The molecule has 1 aromatic carbocycles. The van der Waals surface area contributed by atoms with Crippen molar-refractivity contribution in [1.29, 1.82) is 0 Å². The minimum Gasteiger partial charge on any atom is -0.385 e. The second-order valence-corrected chi connectivity index (χ2v) is 5.71. The van der Waals surface area contributed by atoms with E-state index in [0.717, 1.165) is 13.1 Å². The number of amides is 2. The zero-order chi connectivity index (χ0) is 17.4. The molecule has 1 aromatic rings. The Morgan fingerprint density at radius 2 is 2.08 bits per heavy atom. The first kappa shape index (κ1) is 18.4. The van der Waals surface area contributed by atoms with Gasteiger partial charge in [0.2, 0.25) is 5.91 Å². The summed E-state index contributed by atoms with van der Waals surface area (Å²) in [5.74, 6) is -0.890. The molecule has 132 valence electrons. The normalized spacial score (nSPS) is 14.5. The van der Waals surface area contributed by atoms with E-state index in [4.69, 9.17) is 4.74 Å². The van der Waals surface area contributed by atoms with Gasteiger partial charge in [0, 0.05) is 52.0 Å². The third kappa shape index (κ3) is 5.28. The number of benzene rings is 1. The molecule has 0 aliphatic carbocycles. The van der Waals surface area contributed by atoms with E-state index in [9.17, 15) is 14.0 Å². The van der Waals surface area contributed by atoms with Gasteiger partial charge >= 0.3 is 0 Å². The molecular weight excluding hydrogens is 313 g/mol. The molecule has 0 bridgehead atoms. The largest absolute Gasteiger partial charge is 0.385 e. The lowest BCUT2D eigenvalue weighted by atomic mass is 10.2. The molecule has 1 aliphatic rings. The van der Waals surface area contributed by atoms with Gasteiger partial charge in [0.15, 0.2) is 0 Å². The Morgan fingerprint density at radius 3 is 2.75 bits per heavy atom. The Hall–Kier alpha value is -1.99. The number of nitrogens with zero attached hydrogens (tertiary/aromatic N) is 2. The average molecular weight is 337 g/mol. The Bertz CT molecular complexity index is 562. The molecule has 1 heterocycles. The maximum atomic E-state index is 13.4. The molecular formula is C17H24FN3O3. The van der Waals surface area contributed by atoms with Crippen LogP contribution in [0.15, 0.2) is 24.3 Å². The van der Waals surface area contributed by atoms with Crippen LogP contribution < -0.4 is 5.32 Å². The number of methoxy groups -OCH3 is 1. The summed E-state index contributed by atoms with van der Waals surface area (Å²) < 4.78 is 18.4. The maximum Gasteiger partial charge on any atom is 0.254 e. The van der Waals surface area contributed by atoms with Gasteiger partial charge in [0.1, 0.15) is 12.4 Å². The van der Waals surface area contributed by atoms with Gasteiger partial charge in [-0.15, -0.1) is 0 Å². The van der Waals surface area contributed by atoms with Crippen molar-refractivity contribution in [3.8, 4) is 0 Å². The van der Waals surface area contributed by atoms with E-state index in [0.29, 0.717) is 32.7 Å². The molecule has 6 nitrogen and oxygen atoms in total. The average Bonchev–Trinajstić information content (AvgIpc) is 2.61. The zero-order valence-corrected chi connectivity index (χ0v) is 14.0. The molecule has 0 atom stereocenters. The number of carbonyl (C=O) groups excluding carboxylic acids is 2. The van der Waals surface area contributed by atoms with Crippen molar-refractivity contribution in [2.24, 2.45) is 0 Å². The highest BCUT2D eigenvalue weighted by Gasteiger charge is 2.23. The molecule has 1 saturated heterocycles. The zero-order valence-electron chi connectivity index (χ0n) is 14.0. The smallest absolute Gasteiger partial charge is 0.254 e. The molecule has 2 amide bonds. The van der Waals surface area contributed by atoms with Gasteiger partial charge in [-0.05, 0) is 24.6 Å². The van der Waals surface area contributed by atoms with Crippen LogP contribution in [0.4, 0.5) is 4.39 Å². The summed E-state index contributed by atoms with van der Waals surface area (Å²) in [7, 11) is 1.59. The fourth-order valence-corrected chi connectivity index (χ4v) is 2.63. The van der Waals surface area contributed by atoms with Crippen LogP contribution >= 0.6 is 0 Å². The Labute approximate surface area is 141 Å². The first-order valence-corrected chi connectivity index (χ1v) is 8.14. The summed E-state index contributed by atoms with van der Waals surface area (Å²) in [4.78, 5) is 28.3. The summed E-state index contributed by atoms with van der Waals surface area (Å²) in [6.07, 6.45) is 0.617. The van der Waals surface area contributed by atoms with Crippen molar-refractivity contribution in [2.45, 2.75) is 6.42 Å². The van der Waals surface area contributed by atoms with E-state index in [2.05, 4.69) is 5.32 Å². The molecule has 24 heavy (non-hydrogen) atoms. The van der Waals surface area contributed by atoms with Gasteiger partial charge in [-0.25, -0.2) is 4.39 Å². The summed E-state index contributed by atoms with van der Waals surface area (Å²) in [6.45, 7) is 3.67. The van der Waals surface area contributed by atoms with E-state index in [1.807, 2.05) is 0 Å². The third-order valence-corrected chi connectivity index (χ3v) is 3.93. The topological polar surface area (TPSA) is 61.9 Å². The lowest BCUT2D eigenvalue weighted by Crippen LogP contribution is -2.50. The van der Waals surface area contributed by atoms with Crippen LogP contribution in [0, 0.1) is 5.82 Å². The molecule has 1 N–H and O–H groups in total. The van der Waals surface area contributed by atoms with Crippen LogP contribution in [0.5, 0.6) is 0 Å². The van der Waals surface area contributed by atoms with E-state index in [1.165, 1.54) is 23.1 Å². The highest BCUT2D eigenvalue weighted by molar-refractivity contribution is 5.96. The Balaban J connectivity index is 2.05.